The third-order valence-corrected chi connectivity index (χ3v) is 5.23. The number of carbonyl (C=O) groups is 2. The van der Waals surface area contributed by atoms with Gasteiger partial charge >= 0.3 is 0 Å². The molecule has 0 aliphatic heterocycles. The molecule has 1 N–H and O–H groups in total. The van der Waals surface area contributed by atoms with E-state index in [1.165, 1.54) is 55.2 Å². The predicted molar refractivity (Wildman–Crippen MR) is 156 cm³/mol. The molecule has 0 aliphatic rings. The van der Waals surface area contributed by atoms with Gasteiger partial charge in [0, 0.05) is 30.5 Å². The number of benzene rings is 1. The van der Waals surface area contributed by atoms with E-state index in [0.29, 0.717) is 20.0 Å². The van der Waals surface area contributed by atoms with Crippen LogP contribution in [0, 0.1) is 11.8 Å². The van der Waals surface area contributed by atoms with Crippen molar-refractivity contribution in [2.45, 2.75) is 87.5 Å². The highest BCUT2D eigenvalue weighted by molar-refractivity contribution is 5.94. The third-order valence-electron chi connectivity index (χ3n) is 5.23. The van der Waals surface area contributed by atoms with Crippen LogP contribution >= 0.6 is 0 Å². The number of rotatable bonds is 9. The summed E-state index contributed by atoms with van der Waals surface area (Å²) in [6.07, 6.45) is 8.69. The molecule has 1 amide bonds. The van der Waals surface area contributed by atoms with Crippen molar-refractivity contribution in [3.63, 3.8) is 0 Å². The maximum Gasteiger partial charge on any atom is 0.270 e. The number of allylic oxidation sites excluding steroid dienone is 5. The number of carbonyl (C=O) groups excluding carboxylic acids is 2. The zero-order valence-electron chi connectivity index (χ0n) is 25.4. The quantitative estimate of drug-likeness (QED) is 0.248. The van der Waals surface area contributed by atoms with Gasteiger partial charge in [-0.25, -0.2) is 8.78 Å². The Morgan fingerprint density at radius 3 is 1.82 bits per heavy atom. The summed E-state index contributed by atoms with van der Waals surface area (Å²) in [4.78, 5) is 22.7. The van der Waals surface area contributed by atoms with Crippen molar-refractivity contribution < 1.29 is 27.2 Å². The van der Waals surface area contributed by atoms with Crippen molar-refractivity contribution >= 4 is 17.4 Å². The minimum Gasteiger partial charge on any atom is -0.326 e. The number of hydrogen-bond donors (Lipinski definition) is 1. The molecule has 0 saturated carbocycles. The molecule has 220 valence electrons. The van der Waals surface area contributed by atoms with Crippen molar-refractivity contribution in [2.24, 2.45) is 11.8 Å². The van der Waals surface area contributed by atoms with Gasteiger partial charge in [-0.3, -0.25) is 18.4 Å². The second-order valence-corrected chi connectivity index (χ2v) is 9.01. The van der Waals surface area contributed by atoms with Gasteiger partial charge in [0.1, 0.15) is 5.78 Å². The zero-order chi connectivity index (χ0) is 30.9. The van der Waals surface area contributed by atoms with Crippen molar-refractivity contribution in [1.82, 2.24) is 0 Å². The molecule has 1 rings (SSSR count). The number of anilines is 1. The summed E-state index contributed by atoms with van der Waals surface area (Å²) in [6, 6.07) is 5.52. The van der Waals surface area contributed by atoms with Crippen LogP contribution in [0.5, 0.6) is 0 Å². The monoisotopic (exact) mass is 545 g/mol. The van der Waals surface area contributed by atoms with E-state index < -0.39 is 5.92 Å². The largest absolute Gasteiger partial charge is 0.326 e. The Kier molecular flexibility index (Phi) is 28.9. The summed E-state index contributed by atoms with van der Waals surface area (Å²) in [6.45, 7) is 20.4. The molecule has 0 aliphatic carbocycles. The molecule has 0 bridgehead atoms. The van der Waals surface area contributed by atoms with Gasteiger partial charge in [0.2, 0.25) is 5.91 Å². The van der Waals surface area contributed by atoms with Gasteiger partial charge in [0.25, 0.3) is 5.92 Å². The molecule has 1 unspecified atom stereocenters. The second-order valence-electron chi connectivity index (χ2n) is 9.01. The van der Waals surface area contributed by atoms with Crippen molar-refractivity contribution in [3.8, 4) is 0 Å². The topological polar surface area (TPSA) is 46.2 Å². The highest BCUT2D eigenvalue weighted by Crippen LogP contribution is 2.28. The lowest BCUT2D eigenvalue weighted by Crippen LogP contribution is -2.19. The second kappa shape index (κ2) is 25.9. The van der Waals surface area contributed by atoms with Gasteiger partial charge < -0.3 is 5.32 Å². The van der Waals surface area contributed by atoms with Gasteiger partial charge in [-0.05, 0) is 45.7 Å². The van der Waals surface area contributed by atoms with E-state index in [4.69, 9.17) is 0 Å². The molecular weight excluding hydrogens is 494 g/mol. The lowest BCUT2D eigenvalue weighted by molar-refractivity contribution is -0.124. The first-order valence-corrected chi connectivity index (χ1v) is 12.7. The van der Waals surface area contributed by atoms with Crippen molar-refractivity contribution in [2.75, 3.05) is 19.7 Å². The Hall–Kier alpha value is -2.70. The maximum absolute atomic E-state index is 13.1. The highest BCUT2D eigenvalue weighted by Gasteiger charge is 2.24. The minimum absolute atomic E-state index is 0.0437. The standard InChI is InChI=1S/C14H17F2NO2.C9H14.C6H14.2CH3F/c1-9(10(2)18)7-13(19)17-12-6-4-5-11(8-12)14(3,15)16;1-5-9(4)7-6-8(2)3;1-4-6(3)5-2;2*1-2/h4-6,8-9H,7H2,1-3H3,(H,17,19);5-7H,1H2,2-4H3;6H,4-5H2,1-3H3;2*1H3/b;9-7-;;;. The molecule has 3 nitrogen and oxygen atoms in total. The molecule has 0 radical (unpaired) electrons. The molecule has 0 fully saturated rings. The van der Waals surface area contributed by atoms with E-state index in [0.717, 1.165) is 12.8 Å². The summed E-state index contributed by atoms with van der Waals surface area (Å²) in [7, 11) is 1.00. The van der Waals surface area contributed by atoms with E-state index in [1.54, 1.807) is 6.92 Å². The lowest BCUT2D eigenvalue weighted by Gasteiger charge is -2.13. The fraction of sp³-hybridized carbons (Fsp3) is 0.548. The number of halogens is 4. The van der Waals surface area contributed by atoms with E-state index in [9.17, 15) is 27.2 Å². The first-order chi connectivity index (χ1) is 17.7. The van der Waals surface area contributed by atoms with Gasteiger partial charge in [0.05, 0.1) is 14.4 Å². The predicted octanol–water partition coefficient (Wildman–Crippen LogP) is 10.1. The van der Waals surface area contributed by atoms with Crippen LogP contribution in [-0.4, -0.2) is 26.0 Å². The summed E-state index contributed by atoms with van der Waals surface area (Å²) < 4.78 is 45.3. The van der Waals surface area contributed by atoms with E-state index >= 15 is 0 Å². The van der Waals surface area contributed by atoms with Crippen LogP contribution in [0.2, 0.25) is 0 Å². The molecule has 1 atom stereocenters. The van der Waals surface area contributed by atoms with E-state index in [-0.39, 0.29) is 29.6 Å². The Balaban J connectivity index is -0.000000253. The molecule has 0 saturated heterocycles. The smallest absolute Gasteiger partial charge is 0.270 e. The van der Waals surface area contributed by atoms with Crippen LogP contribution < -0.4 is 5.32 Å². The number of Topliss-reactive ketones (excluding diaryl/α,β-unsaturated/α-hetero) is 1. The summed E-state index contributed by atoms with van der Waals surface area (Å²) >= 11 is 0. The molecule has 7 heteroatoms. The van der Waals surface area contributed by atoms with Gasteiger partial charge in [-0.15, -0.1) is 0 Å². The van der Waals surface area contributed by atoms with Crippen LogP contribution in [0.3, 0.4) is 0 Å². The van der Waals surface area contributed by atoms with Crippen molar-refractivity contribution in [1.29, 1.82) is 0 Å². The molecule has 0 aromatic heterocycles. The Morgan fingerprint density at radius 2 is 1.47 bits per heavy atom. The third kappa shape index (κ3) is 26.4. The summed E-state index contributed by atoms with van der Waals surface area (Å²) in [5, 5.41) is 2.52. The number of hydrogen-bond acceptors (Lipinski definition) is 2. The van der Waals surface area contributed by atoms with Crippen LogP contribution in [-0.2, 0) is 15.5 Å². The summed E-state index contributed by atoms with van der Waals surface area (Å²) in [5.41, 5.74) is 2.66. The Bertz CT molecular complexity index is 819. The van der Waals surface area contributed by atoms with Crippen LogP contribution in [0.4, 0.5) is 23.2 Å². The van der Waals surface area contributed by atoms with Gasteiger partial charge in [-0.1, -0.05) is 88.6 Å². The molecule has 38 heavy (non-hydrogen) atoms. The van der Waals surface area contributed by atoms with Crippen LogP contribution in [0.15, 0.2) is 60.2 Å². The average Bonchev–Trinajstić information content (AvgIpc) is 2.89. The highest BCUT2D eigenvalue weighted by atomic mass is 19.3. The zero-order valence-corrected chi connectivity index (χ0v) is 25.4. The minimum atomic E-state index is -2.95. The van der Waals surface area contributed by atoms with E-state index in [1.807, 2.05) is 13.0 Å². The van der Waals surface area contributed by atoms with E-state index in [2.05, 4.69) is 58.7 Å². The first-order valence-electron chi connectivity index (χ1n) is 12.7. The molecular formula is C31H51F4NO2. The number of ketones is 1. The fourth-order valence-electron chi connectivity index (χ4n) is 2.16. The average molecular weight is 546 g/mol. The number of nitrogens with one attached hydrogen (secondary N) is 1. The van der Waals surface area contributed by atoms with Crippen molar-refractivity contribution in [3.05, 3.63) is 65.8 Å². The van der Waals surface area contributed by atoms with Crippen LogP contribution in [0.25, 0.3) is 0 Å². The van der Waals surface area contributed by atoms with Gasteiger partial charge in [-0.2, -0.15) is 0 Å². The molecule has 1 aromatic rings. The number of amides is 1. The molecule has 0 heterocycles. The van der Waals surface area contributed by atoms with Crippen LogP contribution in [0.1, 0.15) is 87.1 Å². The maximum atomic E-state index is 13.1. The molecule has 1 aromatic carbocycles. The Labute approximate surface area is 229 Å². The first kappa shape index (κ1) is 42.4. The SMILES string of the molecule is C=C/C(C)=C\C=C(C)C.CC(=O)C(C)CC(=O)Nc1cccc(C(C)(F)F)c1.CCC(C)CC.CF.CF. The lowest BCUT2D eigenvalue weighted by atomic mass is 10.0. The summed E-state index contributed by atoms with van der Waals surface area (Å²) in [5.74, 6) is -2.84. The normalized spacial score (nSPS) is 10.9. The number of alkyl halides is 4. The fourth-order valence-corrected chi connectivity index (χ4v) is 2.16. The van der Waals surface area contributed by atoms with Gasteiger partial charge in [0.15, 0.2) is 0 Å². The Morgan fingerprint density at radius 1 is 0.974 bits per heavy atom. The molecule has 0 spiro atoms.